The van der Waals surface area contributed by atoms with Crippen LogP contribution in [-0.2, 0) is 56.0 Å². The number of fused-ring (bicyclic) bond motifs is 3. The van der Waals surface area contributed by atoms with E-state index in [2.05, 4.69) is 104 Å². The topological polar surface area (TPSA) is 230 Å². The maximum Gasteiger partial charge on any atom is 0.263 e. The van der Waals surface area contributed by atoms with Gasteiger partial charge in [0.2, 0.25) is 17.7 Å². The Morgan fingerprint density at radius 2 is 0.853 bits per heavy atom. The first kappa shape index (κ1) is 79.1. The summed E-state index contributed by atoms with van der Waals surface area (Å²) in [6.45, 7) is 35.0. The molecule has 9 aromatic rings. The molecule has 6 aromatic heterocycles. The largest absolute Gasteiger partial charge is 0.416 e. The van der Waals surface area contributed by atoms with Crippen LogP contribution in [0.15, 0.2) is 107 Å². The van der Waals surface area contributed by atoms with Gasteiger partial charge >= 0.3 is 0 Å². The normalized spacial score (nSPS) is 14.3. The van der Waals surface area contributed by atoms with Crippen LogP contribution in [0.5, 0.6) is 0 Å². The number of H-pyrrole nitrogens is 1. The monoisotopic (exact) mass is 1550 g/mol. The first-order valence-electron chi connectivity index (χ1n) is 35.0. The van der Waals surface area contributed by atoms with Crippen molar-refractivity contribution in [3.8, 4) is 33.4 Å². The molecule has 102 heavy (non-hydrogen) atoms. The Morgan fingerprint density at radius 3 is 1.21 bits per heavy atom. The number of nitrogens with zero attached hydrogens (tertiary/aromatic N) is 11. The van der Waals surface area contributed by atoms with E-state index in [1.807, 2.05) is 91.2 Å². The molecule has 21 nitrogen and oxygen atoms in total. The van der Waals surface area contributed by atoms with E-state index < -0.39 is 16.6 Å². The van der Waals surface area contributed by atoms with Gasteiger partial charge in [0.15, 0.2) is 16.6 Å². The van der Waals surface area contributed by atoms with Gasteiger partial charge in [0.25, 0.3) is 16.7 Å². The fourth-order valence-electron chi connectivity index (χ4n) is 12.1. The number of hydrogen-bond acceptors (Lipinski definition) is 12. The van der Waals surface area contributed by atoms with Gasteiger partial charge in [-0.15, -0.1) is 0 Å². The molecule has 0 radical (unpaired) electrons. The number of amides is 3. The molecule has 12 rings (SSSR count). The summed E-state index contributed by atoms with van der Waals surface area (Å²) in [5.41, 5.74) is 8.60. The van der Waals surface area contributed by atoms with E-state index in [4.69, 9.17) is 43.7 Å². The number of aliphatic hydroxyl groups is 1. The molecular weight excluding hydrogens is 1460 g/mol. The Labute approximate surface area is 622 Å². The number of halogens is 4. The molecule has 0 saturated carbocycles. The number of carbonyl (C=O) groups is 3. The third kappa shape index (κ3) is 18.5. The van der Waals surface area contributed by atoms with Gasteiger partial charge in [-0.05, 0) is 165 Å². The van der Waals surface area contributed by atoms with E-state index in [1.54, 1.807) is 26.6 Å². The molecule has 3 aliphatic heterocycles. The number of aliphatic hydroxyl groups excluding tert-OH is 1. The van der Waals surface area contributed by atoms with E-state index in [1.165, 1.54) is 32.7 Å². The minimum Gasteiger partial charge on any atom is -0.416 e. The van der Waals surface area contributed by atoms with Crippen LogP contribution < -0.4 is 16.7 Å². The van der Waals surface area contributed by atoms with Crippen molar-refractivity contribution in [1.29, 1.82) is 0 Å². The molecule has 3 saturated heterocycles. The molecule has 3 fully saturated rings. The average molecular weight is 1550 g/mol. The number of benzene rings is 3. The van der Waals surface area contributed by atoms with E-state index in [0.717, 1.165) is 134 Å². The smallest absolute Gasteiger partial charge is 0.263 e. The first-order valence-corrected chi connectivity index (χ1v) is 43.1. The van der Waals surface area contributed by atoms with Crippen molar-refractivity contribution in [3.63, 3.8) is 0 Å². The second-order valence-electron chi connectivity index (χ2n) is 29.6. The van der Waals surface area contributed by atoms with Crippen LogP contribution in [0.3, 0.4) is 0 Å². The van der Waals surface area contributed by atoms with Crippen molar-refractivity contribution >= 4 is 118 Å². The van der Waals surface area contributed by atoms with Crippen molar-refractivity contribution < 1.29 is 28.3 Å². The highest BCUT2D eigenvalue weighted by atomic mass is 79.9. The summed E-state index contributed by atoms with van der Waals surface area (Å²) in [7, 11) is -3.36. The van der Waals surface area contributed by atoms with Crippen LogP contribution >= 0.6 is 50.7 Å². The summed E-state index contributed by atoms with van der Waals surface area (Å²) in [6.07, 6.45) is 16.0. The number of alkyl halides is 1. The van der Waals surface area contributed by atoms with Gasteiger partial charge < -0.3 is 42.8 Å². The molecule has 2 N–H and O–H groups in total. The van der Waals surface area contributed by atoms with Crippen molar-refractivity contribution in [3.05, 3.63) is 155 Å². The van der Waals surface area contributed by atoms with Gasteiger partial charge in [0.05, 0.1) is 29.4 Å². The van der Waals surface area contributed by atoms with Crippen LogP contribution in [0.25, 0.3) is 66.5 Å². The van der Waals surface area contributed by atoms with Crippen LogP contribution in [0.1, 0.15) is 96.8 Å². The van der Waals surface area contributed by atoms with Crippen LogP contribution in [0.4, 0.5) is 0 Å². The molecule has 3 aliphatic rings. The lowest BCUT2D eigenvalue weighted by molar-refractivity contribution is -0.131. The molecule has 27 heteroatoms. The zero-order chi connectivity index (χ0) is 74.2. The molecule has 0 spiro atoms. The number of nitrogens with one attached hydrogen (secondary N) is 1. The Hall–Kier alpha value is -7.01. The summed E-state index contributed by atoms with van der Waals surface area (Å²) in [6, 6.07) is 17.0. The molecule has 0 unspecified atom stereocenters. The third-order valence-corrected chi connectivity index (χ3v) is 31.0. The SMILES string of the molecule is CC(C)(C)[Si](C)(C)OCCBr.Cc1cc(-c2c[nH]c3ncn(CC(=O)N4CCCC4)c(=O)c23)ccc1Cl.Cc1cc(-c2cn(CCO)c3ncn(CC(=O)N4CCCC4)c(=O)c23)ccc1Cl.Cc1cc(-c2cn(CCO[Si](C)(C)C(C)(C)C)c3ncn(CC(=O)N4CCCC4)c(=O)c23)ccc1Cl. The van der Waals surface area contributed by atoms with E-state index in [0.29, 0.717) is 78.5 Å². The van der Waals surface area contributed by atoms with Gasteiger partial charge in [0.1, 0.15) is 55.6 Å². The molecule has 3 amide bonds. The summed E-state index contributed by atoms with van der Waals surface area (Å²) in [4.78, 5) is 99.5. The predicted octanol–water partition coefficient (Wildman–Crippen LogP) is 14.3. The standard InChI is InChI=1S/C27H37ClN4O3Si.C21H23ClN4O3.C19H19ClN4O2.C8H19BrOSi/c1-19-15-20(9-10-22(19)28)21-16-31(13-14-35-36(5,6)27(2,3)4)25-24(21)26(34)32(18-29-25)17-23(33)30-11-7-8-12-30;1-14-10-15(4-5-17(14)22)16-11-25(8-9-27)20-19(16)21(29)26(13-23-20)12-18(28)24-6-2-3-7-24;1-12-8-13(4-5-15(12)20)14-9-21-18-17(14)19(26)24(11-22-18)10-16(25)23-6-2-3-7-23;1-8(2,3)11(4,5)10-7-6-9/h9-10,15-16,18H,7-8,11-14,17H2,1-6H3;4-5,10-11,13,27H,2-3,6-9,12H2,1H3;4-5,8-9,11,21H,2-3,6-7,10H2,1H3;6-7H2,1-5H3. The quantitative estimate of drug-likeness (QED) is 0.0604. The summed E-state index contributed by atoms with van der Waals surface area (Å²) in [5, 5.41) is 14.3. The minimum atomic E-state index is -1.90. The second kappa shape index (κ2) is 33.8. The molecule has 0 bridgehead atoms. The van der Waals surface area contributed by atoms with E-state index >= 15 is 0 Å². The molecule has 0 atom stereocenters. The summed E-state index contributed by atoms with van der Waals surface area (Å²) < 4.78 is 20.2. The zero-order valence-corrected chi connectivity index (χ0v) is 67.0. The number of likely N-dealkylation sites (tertiary alicyclic amines) is 3. The second-order valence-corrected chi connectivity index (χ2v) is 41.2. The van der Waals surface area contributed by atoms with Crippen molar-refractivity contribution in [2.24, 2.45) is 0 Å². The van der Waals surface area contributed by atoms with Gasteiger partial charge in [-0.25, -0.2) is 15.0 Å². The van der Waals surface area contributed by atoms with Crippen molar-refractivity contribution in [2.45, 2.75) is 170 Å². The van der Waals surface area contributed by atoms with Crippen molar-refractivity contribution in [1.82, 2.24) is 57.5 Å². The highest BCUT2D eigenvalue weighted by molar-refractivity contribution is 9.09. The predicted molar refractivity (Wildman–Crippen MR) is 419 cm³/mol. The summed E-state index contributed by atoms with van der Waals surface area (Å²) >= 11 is 21.9. The maximum atomic E-state index is 13.7. The number of carbonyl (C=O) groups excluding carboxylic acids is 3. The fourth-order valence-corrected chi connectivity index (χ4v) is 15.0. The highest BCUT2D eigenvalue weighted by Gasteiger charge is 2.38. The number of aromatic nitrogens is 9. The maximum absolute atomic E-state index is 13.7. The number of hydrogen-bond donors (Lipinski definition) is 2. The average Bonchev–Trinajstić information content (AvgIpc) is 1.61. The Balaban J connectivity index is 0.000000167. The van der Waals surface area contributed by atoms with E-state index in [-0.39, 0.29) is 65.7 Å². The molecule has 548 valence electrons. The van der Waals surface area contributed by atoms with Crippen LogP contribution in [0.2, 0.25) is 51.3 Å². The lowest BCUT2D eigenvalue weighted by Crippen LogP contribution is -2.41. The number of aryl methyl sites for hydroxylation is 3. The van der Waals surface area contributed by atoms with Crippen molar-refractivity contribution in [2.75, 3.05) is 64.4 Å². The summed E-state index contributed by atoms with van der Waals surface area (Å²) in [5.74, 6) is -0.142. The third-order valence-electron chi connectivity index (χ3n) is 20.3. The lowest BCUT2D eigenvalue weighted by Gasteiger charge is -2.36. The molecule has 3 aromatic carbocycles. The van der Waals surface area contributed by atoms with Crippen LogP contribution in [-0.4, -0.2) is 161 Å². The van der Waals surface area contributed by atoms with Gasteiger partial charge in [0, 0.05) is 115 Å². The Kier molecular flexibility index (Phi) is 26.2. The highest BCUT2D eigenvalue weighted by Crippen LogP contribution is 2.39. The van der Waals surface area contributed by atoms with Gasteiger partial charge in [-0.1, -0.05) is 110 Å². The van der Waals surface area contributed by atoms with Gasteiger partial charge in [-0.2, -0.15) is 0 Å². The fraction of sp³-hybridized carbons (Fsp3) is 0.480. The van der Waals surface area contributed by atoms with Gasteiger partial charge in [-0.3, -0.25) is 42.5 Å². The Morgan fingerprint density at radius 1 is 0.510 bits per heavy atom. The lowest BCUT2D eigenvalue weighted by atomic mass is 10.0. The van der Waals surface area contributed by atoms with E-state index in [9.17, 15) is 33.9 Å². The van der Waals surface area contributed by atoms with Crippen LogP contribution in [0, 0.1) is 20.8 Å². The zero-order valence-electron chi connectivity index (χ0n) is 61.2. The molecular formula is C75H98BrCl3N12O9Si2. The minimum absolute atomic E-state index is 0.000518. The first-order chi connectivity index (χ1) is 48.2. The number of rotatable bonds is 18. The number of aromatic amines is 1. The molecule has 9 heterocycles. The Bertz CT molecular complexity index is 4680. The molecule has 0 aliphatic carbocycles.